The molecular weight excluding hydrogens is 204 g/mol. The molecule has 1 aliphatic rings. The molecule has 0 aromatic rings. The molecule has 0 amide bonds. The van der Waals surface area contributed by atoms with E-state index in [1.54, 1.807) is 0 Å². The zero-order valence-electron chi connectivity index (χ0n) is 10.2. The number of unbranched alkanes of at least 4 members (excludes halogenated alkanes) is 4. The highest BCUT2D eigenvalue weighted by Crippen LogP contribution is 2.27. The molecule has 0 saturated heterocycles. The lowest BCUT2D eigenvalue weighted by atomic mass is 9.95. The Morgan fingerprint density at radius 2 is 2.00 bits per heavy atom. The van der Waals surface area contributed by atoms with Crippen LogP contribution in [0.2, 0.25) is 0 Å². The van der Waals surface area contributed by atoms with Gasteiger partial charge in [-0.15, -0.1) is 0 Å². The van der Waals surface area contributed by atoms with Crippen molar-refractivity contribution in [3.8, 4) is 0 Å². The van der Waals surface area contributed by atoms with E-state index in [0.29, 0.717) is 12.8 Å². The topological polar surface area (TPSA) is 57.5 Å². The van der Waals surface area contributed by atoms with Gasteiger partial charge < -0.3 is 10.2 Å². The van der Waals surface area contributed by atoms with Crippen molar-refractivity contribution in [2.24, 2.45) is 5.92 Å². The minimum atomic E-state index is -0.536. The third-order valence-corrected chi connectivity index (χ3v) is 3.44. The molecule has 94 valence electrons. The van der Waals surface area contributed by atoms with Crippen LogP contribution in [0.15, 0.2) is 0 Å². The first-order chi connectivity index (χ1) is 7.65. The fourth-order valence-corrected chi connectivity index (χ4v) is 2.42. The fourth-order valence-electron chi connectivity index (χ4n) is 2.42. The molecule has 2 N–H and O–H groups in total. The van der Waals surface area contributed by atoms with Crippen LogP contribution in [0.1, 0.15) is 58.3 Å². The normalized spacial score (nSPS) is 27.3. The second kappa shape index (κ2) is 7.02. The van der Waals surface area contributed by atoms with Gasteiger partial charge in [0, 0.05) is 12.3 Å². The quantitative estimate of drug-likeness (QED) is 0.656. The Morgan fingerprint density at radius 3 is 2.56 bits per heavy atom. The molecule has 0 bridgehead atoms. The van der Waals surface area contributed by atoms with Crippen LogP contribution in [0.25, 0.3) is 0 Å². The maximum atomic E-state index is 11.4. The molecule has 0 spiro atoms. The SMILES string of the molecule is CCCCCCCC(O)C1CC(O)CC1=O. The van der Waals surface area contributed by atoms with Crippen LogP contribution < -0.4 is 0 Å². The molecule has 1 fully saturated rings. The number of aliphatic hydroxyl groups excluding tert-OH is 2. The van der Waals surface area contributed by atoms with Crippen molar-refractivity contribution in [3.63, 3.8) is 0 Å². The Bertz CT molecular complexity index is 215. The van der Waals surface area contributed by atoms with Crippen molar-refractivity contribution in [1.29, 1.82) is 0 Å². The third kappa shape index (κ3) is 4.22. The maximum Gasteiger partial charge on any atom is 0.141 e. The van der Waals surface area contributed by atoms with E-state index in [-0.39, 0.29) is 18.1 Å². The summed E-state index contributed by atoms with van der Waals surface area (Å²) < 4.78 is 0. The molecule has 3 heteroatoms. The Morgan fingerprint density at radius 1 is 1.31 bits per heavy atom. The van der Waals surface area contributed by atoms with Gasteiger partial charge in [-0.2, -0.15) is 0 Å². The van der Waals surface area contributed by atoms with Crippen LogP contribution in [0.4, 0.5) is 0 Å². The number of carbonyl (C=O) groups excluding carboxylic acids is 1. The highest BCUT2D eigenvalue weighted by molar-refractivity contribution is 5.84. The molecule has 3 unspecified atom stereocenters. The molecular formula is C13H24O3. The monoisotopic (exact) mass is 228 g/mol. The standard InChI is InChI=1S/C13H24O3/c1-2-3-4-5-6-7-12(15)11-8-10(14)9-13(11)16/h10-12,14-15H,2-9H2,1H3. The van der Waals surface area contributed by atoms with Crippen molar-refractivity contribution in [3.05, 3.63) is 0 Å². The van der Waals surface area contributed by atoms with Gasteiger partial charge in [-0.25, -0.2) is 0 Å². The van der Waals surface area contributed by atoms with Crippen LogP contribution in [0.3, 0.4) is 0 Å². The van der Waals surface area contributed by atoms with E-state index in [0.717, 1.165) is 12.8 Å². The van der Waals surface area contributed by atoms with Gasteiger partial charge in [-0.05, 0) is 12.8 Å². The van der Waals surface area contributed by atoms with Gasteiger partial charge in [-0.1, -0.05) is 39.0 Å². The number of carbonyl (C=O) groups is 1. The van der Waals surface area contributed by atoms with Gasteiger partial charge in [0.25, 0.3) is 0 Å². The van der Waals surface area contributed by atoms with Crippen LogP contribution in [-0.2, 0) is 4.79 Å². The zero-order chi connectivity index (χ0) is 12.0. The summed E-state index contributed by atoms with van der Waals surface area (Å²) in [6.45, 7) is 2.17. The minimum Gasteiger partial charge on any atom is -0.393 e. The lowest BCUT2D eigenvalue weighted by molar-refractivity contribution is -0.123. The Hall–Kier alpha value is -0.410. The highest BCUT2D eigenvalue weighted by atomic mass is 16.3. The zero-order valence-corrected chi connectivity index (χ0v) is 10.2. The second-order valence-electron chi connectivity index (χ2n) is 4.94. The van der Waals surface area contributed by atoms with Crippen molar-refractivity contribution >= 4 is 5.78 Å². The molecule has 0 aromatic carbocycles. The van der Waals surface area contributed by atoms with Crippen molar-refractivity contribution in [2.75, 3.05) is 0 Å². The summed E-state index contributed by atoms with van der Waals surface area (Å²) in [6, 6.07) is 0. The smallest absolute Gasteiger partial charge is 0.141 e. The Labute approximate surface area is 97.9 Å². The summed E-state index contributed by atoms with van der Waals surface area (Å²) in [7, 11) is 0. The van der Waals surface area contributed by atoms with E-state index in [1.807, 2.05) is 0 Å². The molecule has 0 aromatic heterocycles. The van der Waals surface area contributed by atoms with Crippen molar-refractivity contribution < 1.29 is 15.0 Å². The number of Topliss-reactive ketones (excluding diaryl/α,β-unsaturated/α-hetero) is 1. The van der Waals surface area contributed by atoms with Crippen molar-refractivity contribution in [1.82, 2.24) is 0 Å². The molecule has 1 aliphatic carbocycles. The second-order valence-corrected chi connectivity index (χ2v) is 4.94. The molecule has 3 nitrogen and oxygen atoms in total. The van der Waals surface area contributed by atoms with Gasteiger partial charge in [0.1, 0.15) is 5.78 Å². The molecule has 0 radical (unpaired) electrons. The van der Waals surface area contributed by atoms with Gasteiger partial charge in [0.05, 0.1) is 12.2 Å². The first-order valence-corrected chi connectivity index (χ1v) is 6.54. The predicted octanol–water partition coefficient (Wildman–Crippen LogP) is 2.05. The summed E-state index contributed by atoms with van der Waals surface area (Å²) in [4.78, 5) is 11.4. The molecule has 0 heterocycles. The Kier molecular flexibility index (Phi) is 5.99. The largest absolute Gasteiger partial charge is 0.393 e. The van der Waals surface area contributed by atoms with Gasteiger partial charge in [-0.3, -0.25) is 4.79 Å². The van der Waals surface area contributed by atoms with E-state index >= 15 is 0 Å². The predicted molar refractivity (Wildman–Crippen MR) is 63.1 cm³/mol. The van der Waals surface area contributed by atoms with E-state index in [9.17, 15) is 15.0 Å². The number of ketones is 1. The van der Waals surface area contributed by atoms with E-state index in [2.05, 4.69) is 6.92 Å². The van der Waals surface area contributed by atoms with E-state index in [4.69, 9.17) is 0 Å². The summed E-state index contributed by atoms with van der Waals surface area (Å²) in [6.07, 6.45) is 6.13. The first-order valence-electron chi connectivity index (χ1n) is 6.54. The van der Waals surface area contributed by atoms with Gasteiger partial charge in [0.2, 0.25) is 0 Å². The molecule has 3 atom stereocenters. The van der Waals surface area contributed by atoms with Crippen LogP contribution in [-0.4, -0.2) is 28.2 Å². The van der Waals surface area contributed by atoms with Crippen molar-refractivity contribution in [2.45, 2.75) is 70.5 Å². The molecule has 1 rings (SSSR count). The number of hydrogen-bond acceptors (Lipinski definition) is 3. The van der Waals surface area contributed by atoms with Crippen LogP contribution in [0.5, 0.6) is 0 Å². The van der Waals surface area contributed by atoms with E-state index < -0.39 is 12.2 Å². The van der Waals surface area contributed by atoms with E-state index in [1.165, 1.54) is 19.3 Å². The maximum absolute atomic E-state index is 11.4. The summed E-state index contributed by atoms with van der Waals surface area (Å²) in [5.74, 6) is -0.269. The average Bonchev–Trinajstić information content (AvgIpc) is 2.57. The Balaban J connectivity index is 2.15. The average molecular weight is 228 g/mol. The molecule has 16 heavy (non-hydrogen) atoms. The number of aliphatic hydroxyl groups is 2. The first kappa shape index (κ1) is 13.7. The summed E-state index contributed by atoms with van der Waals surface area (Å²) in [5.41, 5.74) is 0. The fraction of sp³-hybridized carbons (Fsp3) is 0.923. The van der Waals surface area contributed by atoms with Crippen LogP contribution in [0, 0.1) is 5.92 Å². The number of rotatable bonds is 7. The summed E-state index contributed by atoms with van der Waals surface area (Å²) >= 11 is 0. The van der Waals surface area contributed by atoms with Crippen LogP contribution >= 0.6 is 0 Å². The third-order valence-electron chi connectivity index (χ3n) is 3.44. The molecule has 1 saturated carbocycles. The molecule has 0 aliphatic heterocycles. The highest BCUT2D eigenvalue weighted by Gasteiger charge is 2.35. The summed E-state index contributed by atoms with van der Waals surface area (Å²) in [5, 5.41) is 19.2. The lowest BCUT2D eigenvalue weighted by Crippen LogP contribution is -2.23. The minimum absolute atomic E-state index is 0.0357. The number of hydrogen-bond donors (Lipinski definition) is 2. The van der Waals surface area contributed by atoms with Gasteiger partial charge >= 0.3 is 0 Å². The van der Waals surface area contributed by atoms with Gasteiger partial charge in [0.15, 0.2) is 0 Å². The lowest BCUT2D eigenvalue weighted by Gasteiger charge is -2.16.